The molecule has 3 aromatic carbocycles. The normalized spacial score (nSPS) is 14.6. The average Bonchev–Trinajstić information content (AvgIpc) is 3.29. The van der Waals surface area contributed by atoms with E-state index in [2.05, 4.69) is 20.6 Å². The molecule has 1 aliphatic rings. The van der Waals surface area contributed by atoms with Gasteiger partial charge in [0.15, 0.2) is 0 Å². The largest absolute Gasteiger partial charge is 0.354 e. The highest BCUT2D eigenvalue weighted by molar-refractivity contribution is 7.89. The molecule has 0 atom stereocenters. The van der Waals surface area contributed by atoms with Crippen LogP contribution in [0.1, 0.15) is 10.4 Å². The van der Waals surface area contributed by atoms with Gasteiger partial charge in [0.2, 0.25) is 15.9 Å². The molecular formula is C24H21N5O4S. The van der Waals surface area contributed by atoms with Crippen molar-refractivity contribution in [3.8, 4) is 11.4 Å². The monoisotopic (exact) mass is 475 g/mol. The molecule has 10 heteroatoms. The minimum Gasteiger partial charge on any atom is -0.354 e. The SMILES string of the molecule is O=C1CN(S(=O)(=O)c2ccc(C(=O)Nc3ccc(-c4nc5ccccc5[nH]4)cc3)cc2)CCN1. The third kappa shape index (κ3) is 4.28. The van der Waals surface area contributed by atoms with E-state index in [1.54, 1.807) is 12.1 Å². The lowest BCUT2D eigenvalue weighted by Crippen LogP contribution is -2.49. The van der Waals surface area contributed by atoms with Gasteiger partial charge in [-0.3, -0.25) is 9.59 Å². The molecule has 2 heterocycles. The number of nitrogens with one attached hydrogen (secondary N) is 3. The molecule has 0 saturated carbocycles. The number of benzene rings is 3. The molecule has 0 unspecified atom stereocenters. The highest BCUT2D eigenvalue weighted by Crippen LogP contribution is 2.23. The van der Waals surface area contributed by atoms with Crippen molar-refractivity contribution in [2.75, 3.05) is 25.0 Å². The average molecular weight is 476 g/mol. The first-order valence-electron chi connectivity index (χ1n) is 10.6. The number of piperazine rings is 1. The molecule has 0 radical (unpaired) electrons. The fraction of sp³-hybridized carbons (Fsp3) is 0.125. The maximum Gasteiger partial charge on any atom is 0.255 e. The molecule has 3 N–H and O–H groups in total. The molecule has 1 fully saturated rings. The number of H-pyrrole nitrogens is 1. The maximum absolute atomic E-state index is 12.7. The Morgan fingerprint density at radius 2 is 1.71 bits per heavy atom. The van der Waals surface area contributed by atoms with Crippen LogP contribution in [0.4, 0.5) is 5.69 Å². The molecule has 2 amide bonds. The molecule has 5 rings (SSSR count). The smallest absolute Gasteiger partial charge is 0.255 e. The zero-order valence-electron chi connectivity index (χ0n) is 18.0. The Kier molecular flexibility index (Phi) is 5.60. The van der Waals surface area contributed by atoms with Crippen molar-refractivity contribution in [3.63, 3.8) is 0 Å². The first kappa shape index (κ1) is 21.8. The lowest BCUT2D eigenvalue weighted by molar-refractivity contribution is -0.122. The zero-order valence-corrected chi connectivity index (χ0v) is 18.8. The number of imidazole rings is 1. The van der Waals surface area contributed by atoms with Crippen LogP contribution in [0.5, 0.6) is 0 Å². The lowest BCUT2D eigenvalue weighted by atomic mass is 10.1. The molecular weight excluding hydrogens is 454 g/mol. The number of anilines is 1. The fourth-order valence-corrected chi connectivity index (χ4v) is 5.15. The molecule has 1 aromatic heterocycles. The predicted octanol–water partition coefficient (Wildman–Crippen LogP) is 2.60. The Labute approximate surface area is 195 Å². The second-order valence-corrected chi connectivity index (χ2v) is 9.78. The summed E-state index contributed by atoms with van der Waals surface area (Å²) in [5, 5.41) is 5.41. The molecule has 4 aromatic rings. The lowest BCUT2D eigenvalue weighted by Gasteiger charge is -2.25. The van der Waals surface area contributed by atoms with Crippen LogP contribution in [-0.4, -0.2) is 54.1 Å². The minimum absolute atomic E-state index is 0.0361. The Morgan fingerprint density at radius 1 is 0.971 bits per heavy atom. The van der Waals surface area contributed by atoms with Crippen LogP contribution in [0.2, 0.25) is 0 Å². The molecule has 0 spiro atoms. The van der Waals surface area contributed by atoms with Gasteiger partial charge in [-0.25, -0.2) is 13.4 Å². The number of sulfonamides is 1. The third-order valence-corrected chi connectivity index (χ3v) is 7.42. The van der Waals surface area contributed by atoms with Crippen molar-refractivity contribution in [1.29, 1.82) is 0 Å². The topological polar surface area (TPSA) is 124 Å². The first-order valence-corrected chi connectivity index (χ1v) is 12.1. The van der Waals surface area contributed by atoms with E-state index in [-0.39, 0.29) is 36.3 Å². The second-order valence-electron chi connectivity index (χ2n) is 7.85. The number of hydrogen-bond donors (Lipinski definition) is 3. The van der Waals surface area contributed by atoms with Gasteiger partial charge in [-0.05, 0) is 60.7 Å². The van der Waals surface area contributed by atoms with E-state index < -0.39 is 10.0 Å². The summed E-state index contributed by atoms with van der Waals surface area (Å²) < 4.78 is 26.6. The van der Waals surface area contributed by atoms with Crippen LogP contribution >= 0.6 is 0 Å². The van der Waals surface area contributed by atoms with Gasteiger partial charge in [-0.15, -0.1) is 0 Å². The number of rotatable bonds is 5. The number of aromatic nitrogens is 2. The Morgan fingerprint density at radius 3 is 2.41 bits per heavy atom. The van der Waals surface area contributed by atoms with Crippen molar-refractivity contribution < 1.29 is 18.0 Å². The molecule has 172 valence electrons. The van der Waals surface area contributed by atoms with Crippen molar-refractivity contribution >= 4 is 38.6 Å². The van der Waals surface area contributed by atoms with Gasteiger partial charge >= 0.3 is 0 Å². The second kappa shape index (κ2) is 8.73. The van der Waals surface area contributed by atoms with Crippen LogP contribution in [0.3, 0.4) is 0 Å². The highest BCUT2D eigenvalue weighted by Gasteiger charge is 2.29. The minimum atomic E-state index is -3.81. The van der Waals surface area contributed by atoms with Gasteiger partial charge in [-0.2, -0.15) is 4.31 Å². The summed E-state index contributed by atoms with van der Waals surface area (Å²) in [7, 11) is -3.81. The summed E-state index contributed by atoms with van der Waals surface area (Å²) in [4.78, 5) is 32.1. The van der Waals surface area contributed by atoms with Gasteiger partial charge in [0.1, 0.15) is 5.82 Å². The summed E-state index contributed by atoms with van der Waals surface area (Å²) >= 11 is 0. The number of nitrogens with zero attached hydrogens (tertiary/aromatic N) is 2. The number of para-hydroxylation sites is 2. The number of amides is 2. The van der Waals surface area contributed by atoms with Gasteiger partial charge in [0, 0.05) is 29.9 Å². The fourth-order valence-electron chi connectivity index (χ4n) is 3.75. The van der Waals surface area contributed by atoms with E-state index in [1.807, 2.05) is 36.4 Å². The van der Waals surface area contributed by atoms with Crippen molar-refractivity contribution in [2.24, 2.45) is 0 Å². The van der Waals surface area contributed by atoms with E-state index in [1.165, 1.54) is 24.3 Å². The van der Waals surface area contributed by atoms with E-state index in [9.17, 15) is 18.0 Å². The summed E-state index contributed by atoms with van der Waals surface area (Å²) in [6.07, 6.45) is 0. The first-order chi connectivity index (χ1) is 16.4. The van der Waals surface area contributed by atoms with Crippen molar-refractivity contribution in [3.05, 3.63) is 78.4 Å². The Balaban J connectivity index is 1.27. The van der Waals surface area contributed by atoms with Crippen molar-refractivity contribution in [1.82, 2.24) is 19.6 Å². The van der Waals surface area contributed by atoms with Crippen LogP contribution in [0, 0.1) is 0 Å². The summed E-state index contributed by atoms with van der Waals surface area (Å²) in [6.45, 7) is 0.266. The van der Waals surface area contributed by atoms with E-state index in [0.717, 1.165) is 26.7 Å². The summed E-state index contributed by atoms with van der Waals surface area (Å²) in [5.74, 6) is 0.0389. The van der Waals surface area contributed by atoms with Gasteiger partial charge in [0.05, 0.1) is 22.5 Å². The standard InChI is InChI=1S/C24H21N5O4S/c30-22-15-29(14-13-25-22)34(32,33)19-11-7-17(8-12-19)24(31)26-18-9-5-16(6-10-18)23-27-20-3-1-2-4-21(20)28-23/h1-12H,13-15H2,(H,25,30)(H,26,31)(H,27,28). The van der Waals surface area contributed by atoms with Crippen molar-refractivity contribution in [2.45, 2.75) is 4.90 Å². The molecule has 0 bridgehead atoms. The number of hydrogen-bond acceptors (Lipinski definition) is 5. The van der Waals surface area contributed by atoms with E-state index >= 15 is 0 Å². The van der Waals surface area contributed by atoms with Gasteiger partial charge in [0.25, 0.3) is 5.91 Å². The van der Waals surface area contributed by atoms with Crippen LogP contribution < -0.4 is 10.6 Å². The van der Waals surface area contributed by atoms with E-state index in [0.29, 0.717) is 11.3 Å². The molecule has 34 heavy (non-hydrogen) atoms. The third-order valence-electron chi connectivity index (χ3n) is 5.56. The molecule has 9 nitrogen and oxygen atoms in total. The zero-order chi connectivity index (χ0) is 23.7. The Hall–Kier alpha value is -4.02. The van der Waals surface area contributed by atoms with E-state index in [4.69, 9.17) is 0 Å². The van der Waals surface area contributed by atoms with Crippen LogP contribution in [0.25, 0.3) is 22.4 Å². The summed E-state index contributed by atoms with van der Waals surface area (Å²) in [6, 6.07) is 20.7. The molecule has 1 aliphatic heterocycles. The van der Waals surface area contributed by atoms with Crippen LogP contribution in [0.15, 0.2) is 77.7 Å². The number of aromatic amines is 1. The Bertz CT molecular complexity index is 1450. The number of carbonyl (C=O) groups excluding carboxylic acids is 2. The quantitative estimate of drug-likeness (QED) is 0.409. The number of carbonyl (C=O) groups is 2. The predicted molar refractivity (Wildman–Crippen MR) is 128 cm³/mol. The van der Waals surface area contributed by atoms with Gasteiger partial charge < -0.3 is 15.6 Å². The highest BCUT2D eigenvalue weighted by atomic mass is 32.2. The van der Waals surface area contributed by atoms with Crippen LogP contribution in [-0.2, 0) is 14.8 Å². The molecule has 0 aliphatic carbocycles. The molecule has 1 saturated heterocycles. The maximum atomic E-state index is 12.7. The van der Waals surface area contributed by atoms with Gasteiger partial charge in [-0.1, -0.05) is 12.1 Å². The summed E-state index contributed by atoms with van der Waals surface area (Å²) in [5.41, 5.74) is 3.63. The number of fused-ring (bicyclic) bond motifs is 1.